The maximum atomic E-state index is 11.5. The van der Waals surface area contributed by atoms with Crippen LogP contribution in [0.15, 0.2) is 22.7 Å². The van der Waals surface area contributed by atoms with Crippen LogP contribution in [0.2, 0.25) is 0 Å². The Bertz CT molecular complexity index is 546. The van der Waals surface area contributed by atoms with Gasteiger partial charge in [0.05, 0.1) is 5.69 Å². The molecular formula is C16H22BrN3O. The Balaban J connectivity index is 1.75. The highest BCUT2D eigenvalue weighted by atomic mass is 79.9. The second-order valence-electron chi connectivity index (χ2n) is 6.21. The zero-order chi connectivity index (χ0) is 15.0. The van der Waals surface area contributed by atoms with Crippen LogP contribution in [0, 0.1) is 5.92 Å². The Hall–Kier alpha value is -1.07. The van der Waals surface area contributed by atoms with Gasteiger partial charge in [-0.1, -0.05) is 6.07 Å². The van der Waals surface area contributed by atoms with Gasteiger partial charge in [0.1, 0.15) is 0 Å². The molecule has 3 N–H and O–H groups in total. The summed E-state index contributed by atoms with van der Waals surface area (Å²) in [6.07, 6.45) is 2.69. The number of nitrogens with zero attached hydrogens (tertiary/aromatic N) is 1. The van der Waals surface area contributed by atoms with Gasteiger partial charge in [0.25, 0.3) is 0 Å². The van der Waals surface area contributed by atoms with Gasteiger partial charge >= 0.3 is 0 Å². The third-order valence-corrected chi connectivity index (χ3v) is 5.30. The van der Waals surface area contributed by atoms with E-state index in [1.807, 2.05) is 6.92 Å². The molecule has 21 heavy (non-hydrogen) atoms. The highest BCUT2D eigenvalue weighted by Gasteiger charge is 2.34. The Morgan fingerprint density at radius 3 is 2.95 bits per heavy atom. The summed E-state index contributed by atoms with van der Waals surface area (Å²) in [5, 5.41) is 3.14. The normalized spacial score (nSPS) is 27.0. The van der Waals surface area contributed by atoms with E-state index in [4.69, 9.17) is 5.73 Å². The van der Waals surface area contributed by atoms with E-state index in [-0.39, 0.29) is 11.9 Å². The molecule has 4 nitrogen and oxygen atoms in total. The molecule has 0 radical (unpaired) electrons. The van der Waals surface area contributed by atoms with Crippen molar-refractivity contribution in [1.29, 1.82) is 0 Å². The number of benzene rings is 1. The average Bonchev–Trinajstić information content (AvgIpc) is 2.46. The fourth-order valence-corrected chi connectivity index (χ4v) is 4.04. The summed E-state index contributed by atoms with van der Waals surface area (Å²) in [4.78, 5) is 13.9. The van der Waals surface area contributed by atoms with Crippen LogP contribution < -0.4 is 16.0 Å². The largest absolute Gasteiger partial charge is 0.370 e. The number of amides is 1. The maximum Gasteiger partial charge on any atom is 0.220 e. The first kappa shape index (κ1) is 14.9. The molecule has 2 heterocycles. The molecule has 1 amide bonds. The fourth-order valence-electron chi connectivity index (χ4n) is 3.39. The van der Waals surface area contributed by atoms with E-state index in [0.29, 0.717) is 18.4 Å². The fraction of sp³-hybridized carbons (Fsp3) is 0.562. The summed E-state index contributed by atoms with van der Waals surface area (Å²) in [6.45, 7) is 4.00. The minimum atomic E-state index is 0.0506. The van der Waals surface area contributed by atoms with Gasteiger partial charge in [0, 0.05) is 36.1 Å². The number of fused-ring (bicyclic) bond motifs is 1. The molecule has 0 aromatic heterocycles. The van der Waals surface area contributed by atoms with E-state index >= 15 is 0 Å². The number of carbonyl (C=O) groups excluding carboxylic acids is 1. The third kappa shape index (κ3) is 3.09. The van der Waals surface area contributed by atoms with Gasteiger partial charge in [0.15, 0.2) is 0 Å². The number of nitrogens with one attached hydrogen (secondary N) is 1. The predicted molar refractivity (Wildman–Crippen MR) is 88.2 cm³/mol. The molecule has 3 atom stereocenters. The molecule has 3 rings (SSSR count). The number of anilines is 1. The van der Waals surface area contributed by atoms with Crippen molar-refractivity contribution < 1.29 is 4.79 Å². The highest BCUT2D eigenvalue weighted by Crippen LogP contribution is 2.34. The number of hydrogen-bond acceptors (Lipinski definition) is 3. The number of piperidine rings is 2. The molecule has 2 saturated heterocycles. The summed E-state index contributed by atoms with van der Waals surface area (Å²) in [6, 6.07) is 6.80. The Morgan fingerprint density at radius 2 is 2.24 bits per heavy atom. The monoisotopic (exact) mass is 351 g/mol. The van der Waals surface area contributed by atoms with Crippen LogP contribution in [0.4, 0.5) is 5.69 Å². The van der Waals surface area contributed by atoms with Gasteiger partial charge in [0.2, 0.25) is 5.91 Å². The molecule has 3 unspecified atom stereocenters. The molecule has 2 aliphatic heterocycles. The topological polar surface area (TPSA) is 58.4 Å². The van der Waals surface area contributed by atoms with Crippen LogP contribution in [-0.2, 0) is 4.79 Å². The van der Waals surface area contributed by atoms with Crippen LogP contribution in [0.5, 0.6) is 0 Å². The number of hydrogen-bond donors (Lipinski definition) is 2. The summed E-state index contributed by atoms with van der Waals surface area (Å²) in [5.74, 6) is 0.781. The molecule has 0 spiro atoms. The molecule has 0 bridgehead atoms. The van der Waals surface area contributed by atoms with Gasteiger partial charge in [-0.15, -0.1) is 0 Å². The number of nitrogens with two attached hydrogens (primary N) is 1. The molecule has 1 aromatic carbocycles. The van der Waals surface area contributed by atoms with Crippen molar-refractivity contribution >= 4 is 27.5 Å². The van der Waals surface area contributed by atoms with Crippen molar-refractivity contribution in [3.05, 3.63) is 28.2 Å². The van der Waals surface area contributed by atoms with Crippen LogP contribution in [0.1, 0.15) is 37.8 Å². The summed E-state index contributed by atoms with van der Waals surface area (Å²) in [5.41, 5.74) is 8.31. The lowest BCUT2D eigenvalue weighted by Gasteiger charge is -2.42. The molecule has 0 saturated carbocycles. The molecule has 1 aromatic rings. The van der Waals surface area contributed by atoms with Gasteiger partial charge in [-0.3, -0.25) is 4.79 Å². The lowest BCUT2D eigenvalue weighted by atomic mass is 9.85. The Morgan fingerprint density at radius 1 is 1.43 bits per heavy atom. The van der Waals surface area contributed by atoms with Crippen LogP contribution in [-0.4, -0.2) is 25.0 Å². The van der Waals surface area contributed by atoms with Crippen LogP contribution in [0.25, 0.3) is 0 Å². The minimum absolute atomic E-state index is 0.0506. The number of halogens is 1. The maximum absolute atomic E-state index is 11.5. The molecular weight excluding hydrogens is 330 g/mol. The first-order valence-electron chi connectivity index (χ1n) is 7.64. The van der Waals surface area contributed by atoms with Gasteiger partial charge < -0.3 is 16.0 Å². The zero-order valence-corrected chi connectivity index (χ0v) is 13.9. The Kier molecular flexibility index (Phi) is 4.22. The van der Waals surface area contributed by atoms with Crippen molar-refractivity contribution in [2.45, 2.75) is 38.3 Å². The van der Waals surface area contributed by atoms with E-state index in [1.165, 1.54) is 5.69 Å². The van der Waals surface area contributed by atoms with Gasteiger partial charge in [-0.25, -0.2) is 0 Å². The minimum Gasteiger partial charge on any atom is -0.370 e. The second-order valence-corrected chi connectivity index (χ2v) is 7.06. The standard InChI is InChI=1S/C16H22BrN3O/c1-10(18)11-2-4-15(13(17)8-11)20-7-6-14-12(9-20)3-5-16(21)19-14/h2,4,8,10,12,14H,3,5-7,9,18H2,1H3,(H,19,21). The SMILES string of the molecule is CC(N)c1ccc(N2CCC3NC(=O)CCC3C2)c(Br)c1. The molecule has 5 heteroatoms. The lowest BCUT2D eigenvalue weighted by molar-refractivity contribution is -0.124. The van der Waals surface area contributed by atoms with E-state index in [0.717, 1.165) is 36.0 Å². The predicted octanol–water partition coefficient (Wildman–Crippen LogP) is 2.57. The quantitative estimate of drug-likeness (QED) is 0.860. The highest BCUT2D eigenvalue weighted by molar-refractivity contribution is 9.10. The van der Waals surface area contributed by atoms with Crippen molar-refractivity contribution in [2.24, 2.45) is 11.7 Å². The first-order valence-corrected chi connectivity index (χ1v) is 8.43. The van der Waals surface area contributed by atoms with E-state index in [1.54, 1.807) is 0 Å². The third-order valence-electron chi connectivity index (χ3n) is 4.66. The molecule has 2 aliphatic rings. The summed E-state index contributed by atoms with van der Waals surface area (Å²) in [7, 11) is 0. The van der Waals surface area contributed by atoms with E-state index < -0.39 is 0 Å². The van der Waals surface area contributed by atoms with Gasteiger partial charge in [-0.2, -0.15) is 0 Å². The number of rotatable bonds is 2. The van der Waals surface area contributed by atoms with Crippen LogP contribution >= 0.6 is 15.9 Å². The smallest absolute Gasteiger partial charge is 0.220 e. The summed E-state index contributed by atoms with van der Waals surface area (Å²) >= 11 is 3.68. The summed E-state index contributed by atoms with van der Waals surface area (Å²) < 4.78 is 1.11. The van der Waals surface area contributed by atoms with E-state index in [2.05, 4.69) is 44.3 Å². The molecule has 0 aliphatic carbocycles. The van der Waals surface area contributed by atoms with Crippen molar-refractivity contribution in [3.63, 3.8) is 0 Å². The molecule has 114 valence electrons. The second kappa shape index (κ2) is 5.97. The first-order chi connectivity index (χ1) is 10.0. The van der Waals surface area contributed by atoms with Crippen molar-refractivity contribution in [2.75, 3.05) is 18.0 Å². The Labute approximate surface area is 134 Å². The van der Waals surface area contributed by atoms with Crippen molar-refractivity contribution in [1.82, 2.24) is 5.32 Å². The average molecular weight is 352 g/mol. The zero-order valence-electron chi connectivity index (χ0n) is 12.3. The van der Waals surface area contributed by atoms with Gasteiger partial charge in [-0.05, 0) is 59.3 Å². The van der Waals surface area contributed by atoms with E-state index in [9.17, 15) is 4.79 Å². The lowest BCUT2D eigenvalue weighted by Crippen LogP contribution is -2.54. The number of carbonyl (C=O) groups is 1. The van der Waals surface area contributed by atoms with Crippen molar-refractivity contribution in [3.8, 4) is 0 Å². The molecule has 2 fully saturated rings. The van der Waals surface area contributed by atoms with Crippen LogP contribution in [0.3, 0.4) is 0 Å².